The summed E-state index contributed by atoms with van der Waals surface area (Å²) in [6.07, 6.45) is 8.87. The van der Waals surface area contributed by atoms with Gasteiger partial charge in [0, 0.05) is 6.07 Å². The normalized spacial score (nSPS) is 15.0. The molecule has 0 aromatic heterocycles. The molecule has 1 aliphatic carbocycles. The number of ether oxygens (including phenoxy) is 3. The molecule has 1 atom stereocenters. The van der Waals surface area contributed by atoms with Gasteiger partial charge in [0.15, 0.2) is 11.5 Å². The number of carboxylic acid groups (broad SMARTS) is 2. The van der Waals surface area contributed by atoms with Crippen molar-refractivity contribution in [1.82, 2.24) is 5.32 Å². The van der Waals surface area contributed by atoms with Gasteiger partial charge in [-0.25, -0.2) is 18.9 Å². The summed E-state index contributed by atoms with van der Waals surface area (Å²) in [4.78, 5) is 63.5. The third-order valence-corrected chi connectivity index (χ3v) is 7.66. The molecule has 0 radical (unpaired) electrons. The van der Waals surface area contributed by atoms with Gasteiger partial charge in [0.05, 0.1) is 65.6 Å². The Kier molecular flexibility index (Phi) is 19.3. The SMILES string of the molecule is CC(C)=C1OC(=O)N(c2cc(OC3CCCC3)c(Cl)cc2F)C1=O.COc1c(Cl)ccc(Cl)c1C(=O)O.C[S+](C)C.O=C(O)CNCP(=O)([O-])O. The molecule has 14 nitrogen and oxygen atoms in total. The fraction of sp³-hybridized carbons (Fsp3) is 0.419. The number of aromatic carboxylic acids is 1. The molecule has 0 bridgehead atoms. The van der Waals surface area contributed by atoms with Gasteiger partial charge in [-0.3, -0.25) is 14.9 Å². The third kappa shape index (κ3) is 15.6. The summed E-state index contributed by atoms with van der Waals surface area (Å²) < 4.78 is 39.8. The second kappa shape index (κ2) is 21.4. The van der Waals surface area contributed by atoms with Crippen molar-refractivity contribution in [3.05, 3.63) is 62.0 Å². The van der Waals surface area contributed by atoms with E-state index >= 15 is 0 Å². The summed E-state index contributed by atoms with van der Waals surface area (Å²) in [6.45, 7) is 2.79. The average molecular weight is 820 g/mol. The first-order valence-electron chi connectivity index (χ1n) is 14.7. The molecule has 2 aliphatic rings. The monoisotopic (exact) mass is 818 g/mol. The number of carbonyl (C=O) groups excluding carboxylic acids is 2. The molecule has 1 aliphatic heterocycles. The van der Waals surface area contributed by atoms with Crippen molar-refractivity contribution in [3.8, 4) is 11.5 Å². The minimum atomic E-state index is -4.35. The quantitative estimate of drug-likeness (QED) is 0.131. The number of imide groups is 1. The van der Waals surface area contributed by atoms with Crippen LogP contribution in [0.1, 0.15) is 49.9 Å². The molecule has 51 heavy (non-hydrogen) atoms. The van der Waals surface area contributed by atoms with Crippen LogP contribution in [-0.4, -0.2) is 83.9 Å². The second-order valence-electron chi connectivity index (χ2n) is 11.2. The number of hydrogen-bond acceptors (Lipinski definition) is 10. The van der Waals surface area contributed by atoms with Crippen molar-refractivity contribution in [2.75, 3.05) is 43.6 Å². The van der Waals surface area contributed by atoms with Crippen LogP contribution in [0.25, 0.3) is 0 Å². The lowest BCUT2D eigenvalue weighted by atomic mass is 10.2. The Hall–Kier alpha value is -3.08. The summed E-state index contributed by atoms with van der Waals surface area (Å²) in [5.74, 6) is -3.58. The molecule has 2 amide bonds. The van der Waals surface area contributed by atoms with Gasteiger partial charge in [-0.05, 0) is 74.2 Å². The lowest BCUT2D eigenvalue weighted by Gasteiger charge is -2.18. The van der Waals surface area contributed by atoms with Gasteiger partial charge in [0.25, 0.3) is 0 Å². The summed E-state index contributed by atoms with van der Waals surface area (Å²) >= 11 is 17.4. The number of benzene rings is 2. The number of hydrogen-bond donors (Lipinski definition) is 4. The maximum absolute atomic E-state index is 14.3. The number of rotatable bonds is 9. The number of nitrogens with zero attached hydrogens (tertiary/aromatic N) is 1. The first kappa shape index (κ1) is 45.9. The number of halogens is 4. The Bertz CT molecular complexity index is 1650. The van der Waals surface area contributed by atoms with E-state index in [1.165, 1.54) is 25.3 Å². The van der Waals surface area contributed by atoms with Crippen LogP contribution in [0.15, 0.2) is 35.6 Å². The number of cyclic esters (lactones) is 1. The highest BCUT2D eigenvalue weighted by Crippen LogP contribution is 2.38. The zero-order chi connectivity index (χ0) is 39.2. The van der Waals surface area contributed by atoms with Crippen molar-refractivity contribution < 1.29 is 62.3 Å². The van der Waals surface area contributed by atoms with Crippen LogP contribution in [0.3, 0.4) is 0 Å². The molecule has 4 N–H and O–H groups in total. The molecule has 1 unspecified atom stereocenters. The molecule has 284 valence electrons. The molecule has 4 rings (SSSR count). The van der Waals surface area contributed by atoms with E-state index in [4.69, 9.17) is 64.1 Å². The summed E-state index contributed by atoms with van der Waals surface area (Å²) in [7, 11) is -2.37. The average Bonchev–Trinajstić information content (AvgIpc) is 3.62. The van der Waals surface area contributed by atoms with Crippen LogP contribution in [0.2, 0.25) is 15.1 Å². The van der Waals surface area contributed by atoms with Gasteiger partial charge in [-0.1, -0.05) is 34.8 Å². The Labute approximate surface area is 312 Å². The Morgan fingerprint density at radius 3 is 2.06 bits per heavy atom. The zero-order valence-electron chi connectivity index (χ0n) is 28.5. The number of carbonyl (C=O) groups is 4. The fourth-order valence-electron chi connectivity index (χ4n) is 4.09. The number of anilines is 1. The van der Waals surface area contributed by atoms with Crippen LogP contribution < -0.4 is 24.6 Å². The maximum Gasteiger partial charge on any atom is 0.427 e. The van der Waals surface area contributed by atoms with E-state index in [0.29, 0.717) is 21.4 Å². The van der Waals surface area contributed by atoms with Gasteiger partial charge >= 0.3 is 23.9 Å². The standard InChI is InChI=1S/C17H17ClFNO4.C8H6Cl2O3.C3H8NO5P.C3H9S/c1-9(2)15-16(21)20(17(22)24-15)13-8-14(11(18)7-12(13)19)23-10-5-3-4-6-10;1-13-7-5(10)3-2-4(9)6(7)8(11)12;5-3(6)1-4-2-10(7,8)9;1-4(2)3/h7-8,10H,3-6H2,1-2H3;2-3H,1H3,(H,11,12);4H,1-2H2,(H,5,6)(H2,7,8,9);1-3H3/q;;;+1/p-1. The molecule has 20 heteroatoms. The smallest absolute Gasteiger partial charge is 0.427 e. The predicted molar refractivity (Wildman–Crippen MR) is 192 cm³/mol. The third-order valence-electron chi connectivity index (χ3n) is 6.13. The van der Waals surface area contributed by atoms with Gasteiger partial charge in [-0.2, -0.15) is 0 Å². The maximum atomic E-state index is 14.3. The molecule has 1 saturated heterocycles. The molecular weight excluding hydrogens is 781 g/mol. The van der Waals surface area contributed by atoms with Gasteiger partial charge in [0.2, 0.25) is 0 Å². The predicted octanol–water partition coefficient (Wildman–Crippen LogP) is 5.94. The van der Waals surface area contributed by atoms with E-state index in [1.54, 1.807) is 13.8 Å². The highest BCUT2D eigenvalue weighted by molar-refractivity contribution is 7.94. The second-order valence-corrected chi connectivity index (χ2v) is 16.4. The van der Waals surface area contributed by atoms with Crippen LogP contribution in [0.5, 0.6) is 11.5 Å². The molecule has 2 fully saturated rings. The number of carboxylic acids is 2. The minimum absolute atomic E-state index is 0.00962. The lowest BCUT2D eigenvalue weighted by molar-refractivity contribution is -0.193. The van der Waals surface area contributed by atoms with Gasteiger partial charge < -0.3 is 38.8 Å². The van der Waals surface area contributed by atoms with Crippen molar-refractivity contribution in [3.63, 3.8) is 0 Å². The Balaban J connectivity index is 0.000000405. The van der Waals surface area contributed by atoms with Crippen molar-refractivity contribution in [1.29, 1.82) is 0 Å². The first-order valence-corrected chi connectivity index (χ1v) is 20.0. The summed E-state index contributed by atoms with van der Waals surface area (Å²) in [5.41, 5.74) is 0.197. The van der Waals surface area contributed by atoms with Crippen LogP contribution >= 0.6 is 42.4 Å². The lowest BCUT2D eigenvalue weighted by Crippen LogP contribution is -2.29. The number of aliphatic carboxylic acids is 1. The van der Waals surface area contributed by atoms with Crippen molar-refractivity contribution >= 4 is 82.9 Å². The van der Waals surface area contributed by atoms with Crippen LogP contribution in [0.4, 0.5) is 14.9 Å². The van der Waals surface area contributed by atoms with E-state index in [0.717, 1.165) is 31.7 Å². The topological polar surface area (TPSA) is 212 Å². The van der Waals surface area contributed by atoms with Crippen LogP contribution in [-0.2, 0) is 29.8 Å². The number of nitrogens with one attached hydrogen (secondary N) is 1. The van der Waals surface area contributed by atoms with Gasteiger partial charge in [0.1, 0.15) is 24.7 Å². The fourth-order valence-corrected chi connectivity index (χ4v) is 5.14. The number of amides is 2. The van der Waals surface area contributed by atoms with Crippen molar-refractivity contribution in [2.24, 2.45) is 0 Å². The Morgan fingerprint density at radius 2 is 1.63 bits per heavy atom. The largest absolute Gasteiger partial charge is 0.778 e. The molecule has 2 aromatic carbocycles. The first-order chi connectivity index (χ1) is 23.6. The summed E-state index contributed by atoms with van der Waals surface area (Å²) in [6, 6.07) is 5.22. The van der Waals surface area contributed by atoms with Crippen LogP contribution in [0, 0.1) is 5.82 Å². The van der Waals surface area contributed by atoms with Crippen molar-refractivity contribution in [2.45, 2.75) is 45.6 Å². The summed E-state index contributed by atoms with van der Waals surface area (Å²) in [5, 5.41) is 19.2. The number of allylic oxidation sites excluding steroid dienone is 1. The highest BCUT2D eigenvalue weighted by Gasteiger charge is 2.40. The van der Waals surface area contributed by atoms with E-state index < -0.39 is 50.2 Å². The number of methoxy groups -OCH3 is 1. The van der Waals surface area contributed by atoms with E-state index in [2.05, 4.69) is 18.8 Å². The molecule has 1 heterocycles. The Morgan fingerprint density at radius 1 is 1.08 bits per heavy atom. The zero-order valence-corrected chi connectivity index (χ0v) is 32.4. The molecule has 0 spiro atoms. The molecule has 1 saturated carbocycles. The molecular formula is C31H39Cl3FN2O12PS. The molecule has 2 aromatic rings. The van der Waals surface area contributed by atoms with Gasteiger partial charge in [-0.15, -0.1) is 0 Å². The minimum Gasteiger partial charge on any atom is -0.778 e. The highest BCUT2D eigenvalue weighted by atomic mass is 35.5. The van der Waals surface area contributed by atoms with E-state index in [-0.39, 0.29) is 49.7 Å². The van der Waals surface area contributed by atoms with E-state index in [1.807, 2.05) is 5.32 Å². The van der Waals surface area contributed by atoms with E-state index in [9.17, 15) is 33.0 Å².